The van der Waals surface area contributed by atoms with Gasteiger partial charge in [-0.15, -0.1) is 0 Å². The number of rotatable bonds is 5. The van der Waals surface area contributed by atoms with Crippen LogP contribution in [0.15, 0.2) is 60.9 Å². The number of anilines is 1. The number of nitro groups is 1. The van der Waals surface area contributed by atoms with Crippen LogP contribution in [0.2, 0.25) is 5.02 Å². The highest BCUT2D eigenvalue weighted by atomic mass is 35.5. The molecule has 0 saturated heterocycles. The fourth-order valence-electron chi connectivity index (χ4n) is 3.09. The maximum atomic E-state index is 11.4. The molecule has 0 saturated carbocycles. The highest BCUT2D eigenvalue weighted by molar-refractivity contribution is 7.81. The monoisotopic (exact) mass is 454 g/mol. The maximum absolute atomic E-state index is 11.4. The summed E-state index contributed by atoms with van der Waals surface area (Å²) in [7, 11) is 0. The van der Waals surface area contributed by atoms with E-state index < -0.39 is 4.92 Å². The summed E-state index contributed by atoms with van der Waals surface area (Å²) >= 11 is 11.9. The van der Waals surface area contributed by atoms with Gasteiger partial charge in [0, 0.05) is 39.5 Å². The Hall–Kier alpha value is -3.29. The Kier molecular flexibility index (Phi) is 6.68. The third-order valence-electron chi connectivity index (χ3n) is 4.84. The predicted molar refractivity (Wildman–Crippen MR) is 127 cm³/mol. The van der Waals surface area contributed by atoms with Gasteiger partial charge < -0.3 is 10.4 Å². The quantitative estimate of drug-likeness (QED) is 0.127. The van der Waals surface area contributed by atoms with E-state index in [1.54, 1.807) is 42.0 Å². The van der Waals surface area contributed by atoms with Crippen LogP contribution in [0.1, 0.15) is 22.3 Å². The molecule has 1 heterocycles. The lowest BCUT2D eigenvalue weighted by Gasteiger charge is -2.13. The van der Waals surface area contributed by atoms with Crippen LogP contribution in [0.3, 0.4) is 0 Å². The SMILES string of the molecule is Cc1ccc[n+](/C(C(=S)Nc2cccc(Cl)c2C)=C(/O)c2ccc(C)c([N+](=O)[O-])c2)c1. The van der Waals surface area contributed by atoms with Gasteiger partial charge >= 0.3 is 0 Å². The van der Waals surface area contributed by atoms with Crippen molar-refractivity contribution >= 4 is 51.6 Å². The van der Waals surface area contributed by atoms with Crippen molar-refractivity contribution in [1.82, 2.24) is 0 Å². The van der Waals surface area contributed by atoms with E-state index in [4.69, 9.17) is 23.8 Å². The van der Waals surface area contributed by atoms with Gasteiger partial charge in [-0.2, -0.15) is 4.57 Å². The second-order valence-corrected chi connectivity index (χ2v) is 7.93. The van der Waals surface area contributed by atoms with Crippen molar-refractivity contribution in [1.29, 1.82) is 0 Å². The number of aliphatic hydroxyl groups excluding tert-OH is 1. The van der Waals surface area contributed by atoms with E-state index in [1.807, 2.05) is 38.2 Å². The lowest BCUT2D eigenvalue weighted by atomic mass is 10.1. The van der Waals surface area contributed by atoms with E-state index in [2.05, 4.69) is 5.32 Å². The van der Waals surface area contributed by atoms with Crippen LogP contribution in [-0.2, 0) is 0 Å². The number of benzene rings is 2. The molecule has 2 aromatic carbocycles. The zero-order chi connectivity index (χ0) is 22.7. The van der Waals surface area contributed by atoms with Crippen molar-refractivity contribution < 1.29 is 14.6 Å². The molecule has 0 unspecified atom stereocenters. The lowest BCUT2D eigenvalue weighted by Crippen LogP contribution is -2.38. The molecule has 0 aliphatic heterocycles. The maximum Gasteiger partial charge on any atom is 0.288 e. The van der Waals surface area contributed by atoms with Crippen LogP contribution in [0.25, 0.3) is 11.5 Å². The van der Waals surface area contributed by atoms with E-state index in [1.165, 1.54) is 6.07 Å². The first-order valence-electron chi connectivity index (χ1n) is 9.42. The topological polar surface area (TPSA) is 79.3 Å². The number of nitrogens with zero attached hydrogens (tertiary/aromatic N) is 2. The first-order chi connectivity index (χ1) is 14.7. The number of hydrogen-bond donors (Lipinski definition) is 2. The van der Waals surface area contributed by atoms with E-state index in [9.17, 15) is 15.2 Å². The summed E-state index contributed by atoms with van der Waals surface area (Å²) in [6.45, 7) is 5.42. The normalized spacial score (nSPS) is 11.6. The molecule has 2 N–H and O–H groups in total. The minimum absolute atomic E-state index is 0.0813. The Bertz CT molecular complexity index is 1220. The molecule has 0 atom stereocenters. The van der Waals surface area contributed by atoms with E-state index in [0.29, 0.717) is 16.3 Å². The number of nitro benzene ring substituents is 1. The summed E-state index contributed by atoms with van der Waals surface area (Å²) in [6, 6.07) is 13.7. The Morgan fingerprint density at radius 3 is 2.58 bits per heavy atom. The molecular formula is C23H21ClN3O3S+. The molecule has 3 rings (SSSR count). The number of aliphatic hydroxyl groups is 1. The van der Waals surface area contributed by atoms with Crippen molar-refractivity contribution in [3.8, 4) is 0 Å². The zero-order valence-corrected chi connectivity index (χ0v) is 18.8. The fraction of sp³-hybridized carbons (Fsp3) is 0.130. The van der Waals surface area contributed by atoms with E-state index in [-0.39, 0.29) is 27.7 Å². The van der Waals surface area contributed by atoms with Crippen LogP contribution in [0.4, 0.5) is 11.4 Å². The van der Waals surface area contributed by atoms with Crippen molar-refractivity contribution in [2.24, 2.45) is 0 Å². The Labute approximate surface area is 190 Å². The molecule has 6 nitrogen and oxygen atoms in total. The van der Waals surface area contributed by atoms with Crippen molar-refractivity contribution in [2.75, 3.05) is 5.32 Å². The second-order valence-electron chi connectivity index (χ2n) is 7.11. The average Bonchev–Trinajstić information content (AvgIpc) is 2.71. The van der Waals surface area contributed by atoms with Crippen LogP contribution in [-0.4, -0.2) is 15.0 Å². The molecule has 0 aliphatic rings. The lowest BCUT2D eigenvalue weighted by molar-refractivity contribution is -0.576. The standard InChI is InChI=1S/C23H20ClN3O3S/c1-14-6-5-11-26(13-14)21(23(31)25-19-8-4-7-18(24)16(19)3)22(28)17-10-9-15(2)20(12-17)27(29)30/h4-13H,1-3H3,(H-,25,28,31)/p+1. The molecule has 3 aromatic rings. The molecule has 0 fully saturated rings. The zero-order valence-electron chi connectivity index (χ0n) is 17.2. The third-order valence-corrected chi connectivity index (χ3v) is 5.55. The van der Waals surface area contributed by atoms with Gasteiger partial charge in [-0.3, -0.25) is 10.1 Å². The van der Waals surface area contributed by atoms with E-state index >= 15 is 0 Å². The second kappa shape index (κ2) is 9.24. The van der Waals surface area contributed by atoms with Crippen LogP contribution >= 0.6 is 23.8 Å². The molecule has 31 heavy (non-hydrogen) atoms. The van der Waals surface area contributed by atoms with Crippen LogP contribution in [0.5, 0.6) is 0 Å². The number of hydrogen-bond acceptors (Lipinski definition) is 4. The van der Waals surface area contributed by atoms with Gasteiger partial charge in [0.1, 0.15) is 0 Å². The number of halogens is 1. The molecule has 8 heteroatoms. The van der Waals surface area contributed by atoms with Crippen LogP contribution in [0, 0.1) is 30.9 Å². The minimum atomic E-state index is -0.475. The van der Waals surface area contributed by atoms with Gasteiger partial charge in [0.2, 0.25) is 0 Å². The smallest absolute Gasteiger partial charge is 0.288 e. The summed E-state index contributed by atoms with van der Waals surface area (Å²) in [6.07, 6.45) is 3.56. The Morgan fingerprint density at radius 2 is 1.90 bits per heavy atom. The van der Waals surface area contributed by atoms with Gasteiger partial charge in [-0.1, -0.05) is 42.0 Å². The molecular weight excluding hydrogens is 434 g/mol. The van der Waals surface area contributed by atoms with Gasteiger partial charge in [0.15, 0.2) is 23.1 Å². The fourth-order valence-corrected chi connectivity index (χ4v) is 3.58. The number of nitrogens with one attached hydrogen (secondary N) is 1. The molecule has 0 bridgehead atoms. The van der Waals surface area contributed by atoms with Gasteiger partial charge in [-0.25, -0.2) is 0 Å². The van der Waals surface area contributed by atoms with Crippen molar-refractivity contribution in [3.05, 3.63) is 98.3 Å². The minimum Gasteiger partial charge on any atom is -0.502 e. The predicted octanol–water partition coefficient (Wildman–Crippen LogP) is 5.78. The average molecular weight is 455 g/mol. The third kappa shape index (κ3) is 4.90. The molecule has 0 radical (unpaired) electrons. The van der Waals surface area contributed by atoms with Gasteiger partial charge in [0.25, 0.3) is 11.4 Å². The largest absolute Gasteiger partial charge is 0.502 e. The molecule has 0 spiro atoms. The molecule has 0 aliphatic carbocycles. The van der Waals surface area contributed by atoms with Crippen molar-refractivity contribution in [2.45, 2.75) is 20.8 Å². The highest BCUT2D eigenvalue weighted by Gasteiger charge is 2.26. The van der Waals surface area contributed by atoms with Crippen molar-refractivity contribution in [3.63, 3.8) is 0 Å². The summed E-state index contributed by atoms with van der Waals surface area (Å²) in [5.41, 5.74) is 3.45. The highest BCUT2D eigenvalue weighted by Crippen LogP contribution is 2.27. The number of thiocarbonyl (C=S) groups is 1. The first kappa shape index (κ1) is 22.4. The molecule has 158 valence electrons. The summed E-state index contributed by atoms with van der Waals surface area (Å²) < 4.78 is 1.69. The number of aromatic nitrogens is 1. The first-order valence-corrected chi connectivity index (χ1v) is 10.2. The Balaban J connectivity index is 2.17. The van der Waals surface area contributed by atoms with E-state index in [0.717, 1.165) is 11.1 Å². The molecule has 1 aromatic heterocycles. The van der Waals surface area contributed by atoms with Gasteiger partial charge in [0.05, 0.1) is 4.92 Å². The van der Waals surface area contributed by atoms with Crippen LogP contribution < -0.4 is 9.88 Å². The van der Waals surface area contributed by atoms with Gasteiger partial charge in [-0.05, 0) is 44.5 Å². The number of aryl methyl sites for hydroxylation is 2. The summed E-state index contributed by atoms with van der Waals surface area (Å²) in [5, 5.41) is 26.3. The summed E-state index contributed by atoms with van der Waals surface area (Å²) in [5.74, 6) is -0.184. The Morgan fingerprint density at radius 1 is 1.16 bits per heavy atom. The summed E-state index contributed by atoms with van der Waals surface area (Å²) in [4.78, 5) is 11.1. The molecule has 0 amide bonds. The number of pyridine rings is 1.